The summed E-state index contributed by atoms with van der Waals surface area (Å²) >= 11 is 0. The first-order chi connectivity index (χ1) is 60.4. The fourth-order valence-corrected chi connectivity index (χ4v) is 22.9. The van der Waals surface area contributed by atoms with E-state index in [0.29, 0.717) is 51.4 Å². The van der Waals surface area contributed by atoms with Crippen molar-refractivity contribution in [1.29, 1.82) is 0 Å². The van der Waals surface area contributed by atoms with E-state index in [2.05, 4.69) is 26.8 Å². The molecule has 129 heavy (non-hydrogen) atoms. The van der Waals surface area contributed by atoms with E-state index in [9.17, 15) is 126 Å². The van der Waals surface area contributed by atoms with Gasteiger partial charge in [0.2, 0.25) is 12.1 Å². The van der Waals surface area contributed by atoms with Gasteiger partial charge in [-0.2, -0.15) is 0 Å². The average molecular weight is 1860 g/mol. The summed E-state index contributed by atoms with van der Waals surface area (Å²) in [4.78, 5) is 71.7. The Bertz CT molecular complexity index is 3830. The number of carbonyl (C=O) groups excluding carboxylic acids is 4. The largest absolute Gasteiger partial charge is 0.477 e. The van der Waals surface area contributed by atoms with Gasteiger partial charge in [0.1, 0.15) is 128 Å². The van der Waals surface area contributed by atoms with E-state index in [-0.39, 0.29) is 43.9 Å². The molecule has 0 aromatic rings. The highest BCUT2D eigenvalue weighted by atomic mass is 16.8. The topological polar surface area (TPSA) is 658 Å². The molecule has 5 aliphatic carbocycles. The third kappa shape index (κ3) is 20.1. The number of aldehydes is 1. The number of carboxylic acid groups (broad SMARTS) is 1. The smallest absolute Gasteiger partial charge is 0.364 e. The van der Waals surface area contributed by atoms with E-state index in [1.54, 1.807) is 27.7 Å². The molecule has 7 heterocycles. The minimum Gasteiger partial charge on any atom is -0.477 e. The standard InChI is InChI=1S/C87H140O42/c1-13-36(3)46(119-55(96)25-41(92)24-47(37(4)14-2)128-87(113)35-116-50(31-89)71(87)108)23-40(91)26-56(97)123-68-39(6)118-76(70(66(68)107)126-74-65(106)61(102)67(38(5)117-74)124-73-63(104)58(99)45(94)33-115-73)127-79(111)85-22-21-80(7,8)27-43(85)42-15-16-52-81(9)19-18-54(82(10,34-90)51(81)17-20-83(52,11)84(42,12)29-53(85)95)122-77-69(125-75-64(105)60(101)59(100)49(30-88)121-75)48(28-86(112,129-77)78(109)110)120-72-62(103)57(98)44(93)32-114-72/h15,34,36-41,43-54,57-77,88-89,91-95,98-108,112-113H,13-14,16-33,35H2,1-12H3,(H,109,110)/t36-,37-,38?,39?,40-,41-,43?,44+,45?,46-,47-,48?,49?,50-,51?,52?,53+,54-,57?,58-,59-,60?,61?,62?,63?,64?,65?,66?,67-,68+,69?,70?,71?,72-,73+,74-,75-,76-,77+,81-,82-,83+,84+,85+,86?,87?/m0/s1. The summed E-state index contributed by atoms with van der Waals surface area (Å²) in [6.45, 7) is 18.8. The summed E-state index contributed by atoms with van der Waals surface area (Å²) in [7, 11) is 0. The molecule has 42 heteroatoms. The van der Waals surface area contributed by atoms with Crippen molar-refractivity contribution in [1.82, 2.24) is 0 Å². The lowest BCUT2D eigenvalue weighted by molar-refractivity contribution is -0.410. The zero-order chi connectivity index (χ0) is 95.0. The molecule has 7 saturated heterocycles. The van der Waals surface area contributed by atoms with Gasteiger partial charge < -0.3 is 188 Å². The lowest BCUT2D eigenvalue weighted by Gasteiger charge is -2.71. The third-order valence-corrected chi connectivity index (χ3v) is 31.5. The van der Waals surface area contributed by atoms with Crippen LogP contribution in [0.5, 0.6) is 0 Å². The van der Waals surface area contributed by atoms with Gasteiger partial charge in [0.15, 0.2) is 43.7 Å². The number of ether oxygens (including phenoxy) is 16. The predicted molar refractivity (Wildman–Crippen MR) is 431 cm³/mol. The second-order valence-corrected chi connectivity index (χ2v) is 40.3. The van der Waals surface area contributed by atoms with Gasteiger partial charge in [0.05, 0.1) is 93.5 Å². The van der Waals surface area contributed by atoms with Crippen molar-refractivity contribution in [3.8, 4) is 0 Å². The zero-order valence-electron chi connectivity index (χ0n) is 75.0. The van der Waals surface area contributed by atoms with Gasteiger partial charge in [0.25, 0.3) is 5.79 Å². The quantitative estimate of drug-likeness (QED) is 0.00767. The molecular formula is C87H140O42. The molecule has 0 spiro atoms. The molecule has 740 valence electrons. The number of rotatable bonds is 32. The lowest BCUT2D eigenvalue weighted by Crippen LogP contribution is -2.69. The number of aliphatic hydroxyl groups excluding tert-OH is 18. The van der Waals surface area contributed by atoms with Crippen LogP contribution < -0.4 is 0 Å². The number of fused-ring (bicyclic) bond motifs is 7. The molecule has 0 amide bonds. The van der Waals surface area contributed by atoms with E-state index in [0.717, 1.165) is 11.9 Å². The number of hydrogen-bond donors (Lipinski definition) is 21. The van der Waals surface area contributed by atoms with Crippen molar-refractivity contribution >= 4 is 30.2 Å². The van der Waals surface area contributed by atoms with E-state index >= 15 is 4.79 Å². The van der Waals surface area contributed by atoms with Crippen molar-refractivity contribution in [2.75, 3.05) is 33.0 Å². The molecule has 0 radical (unpaired) electrons. The predicted octanol–water partition coefficient (Wildman–Crippen LogP) is -3.80. The second-order valence-electron chi connectivity index (χ2n) is 40.3. The molecule has 0 bridgehead atoms. The zero-order valence-corrected chi connectivity index (χ0v) is 75.0. The van der Waals surface area contributed by atoms with Gasteiger partial charge in [-0.05, 0) is 123 Å². The highest BCUT2D eigenvalue weighted by Gasteiger charge is 2.74. The average Bonchev–Trinajstić information content (AvgIpc) is 0.763. The van der Waals surface area contributed by atoms with E-state index in [1.165, 1.54) is 13.8 Å². The maximum atomic E-state index is 16.2. The first-order valence-corrected chi connectivity index (χ1v) is 45.4. The Hall–Kier alpha value is -4.03. The molecule has 4 saturated carbocycles. The van der Waals surface area contributed by atoms with Gasteiger partial charge in [-0.25, -0.2) is 4.79 Å². The van der Waals surface area contributed by atoms with Crippen molar-refractivity contribution < 1.29 is 207 Å². The molecule has 12 aliphatic rings. The Morgan fingerprint density at radius 3 is 1.71 bits per heavy atom. The van der Waals surface area contributed by atoms with Crippen molar-refractivity contribution in [2.45, 2.75) is 406 Å². The minimum absolute atomic E-state index is 0.0311. The van der Waals surface area contributed by atoms with Gasteiger partial charge >= 0.3 is 23.9 Å². The molecule has 21 N–H and O–H groups in total. The minimum atomic E-state index is -3.21. The van der Waals surface area contributed by atoms with Gasteiger partial charge in [-0.1, -0.05) is 93.7 Å². The van der Waals surface area contributed by atoms with Crippen LogP contribution in [0.25, 0.3) is 0 Å². The molecule has 11 fully saturated rings. The molecular weight excluding hydrogens is 1720 g/mol. The molecule has 7 aliphatic heterocycles. The van der Waals surface area contributed by atoms with Crippen LogP contribution in [0.2, 0.25) is 0 Å². The van der Waals surface area contributed by atoms with E-state index in [4.69, 9.17) is 75.8 Å². The van der Waals surface area contributed by atoms with Crippen LogP contribution >= 0.6 is 0 Å². The van der Waals surface area contributed by atoms with Gasteiger partial charge in [-0.15, -0.1) is 0 Å². The van der Waals surface area contributed by atoms with Gasteiger partial charge in [-0.3, -0.25) is 14.4 Å². The molecule has 0 aromatic carbocycles. The van der Waals surface area contributed by atoms with Crippen molar-refractivity contribution in [2.24, 2.45) is 62.1 Å². The highest BCUT2D eigenvalue weighted by Crippen LogP contribution is 2.76. The molecule has 46 atom stereocenters. The normalized spacial score (nSPS) is 48.4. The molecule has 0 aromatic heterocycles. The third-order valence-electron chi connectivity index (χ3n) is 31.5. The van der Waals surface area contributed by atoms with Gasteiger partial charge in [0, 0.05) is 19.3 Å². The van der Waals surface area contributed by atoms with E-state index < -0.39 is 347 Å². The Kier molecular flexibility index (Phi) is 32.7. The second kappa shape index (κ2) is 40.6. The Labute approximate surface area is 747 Å². The summed E-state index contributed by atoms with van der Waals surface area (Å²) in [6.07, 6.45) is -55.3. The van der Waals surface area contributed by atoms with Crippen LogP contribution in [0.4, 0.5) is 0 Å². The van der Waals surface area contributed by atoms with Crippen LogP contribution in [0, 0.1) is 62.1 Å². The lowest BCUT2D eigenvalue weighted by atomic mass is 9.33. The van der Waals surface area contributed by atoms with Crippen LogP contribution in [0.15, 0.2) is 11.6 Å². The SMILES string of the molecule is CC[C@H](C)[C@H](C[C@H](O)CC(=O)O[C@@H]1C(C)O[C@@H](OC(=O)[C@]23CCC(C)(C)CC2C2=CCC4[C@@]5(C)CC[C@H](O[C@@H]6OC(O)(C(=O)O)CC(O[C@@H]7OC[C@@H](O)C(O)C7O)C6O[C@@H]6OC(CO)[C@H](O)C(O)C6O)[C@@](C)(C=O)C5CC[C@@]4(C)[C@]2(C)C[C@H]3O)C(O[C@@H]2OC(C)[C@H](O[C@H]3OCC(O)[C@H](O)C3O)C(O)C2O)C1O)OC(=O)C[C@@H](O)C[C@H](OC1(O)CO[C@@H](CO)C1O)[C@@H](C)CC. The number of carboxylic acids is 1. The monoisotopic (exact) mass is 1860 g/mol. The number of hydrogen-bond acceptors (Lipinski definition) is 41. The van der Waals surface area contributed by atoms with Crippen LogP contribution in [-0.4, -0.2) is 391 Å². The Morgan fingerprint density at radius 1 is 0.550 bits per heavy atom. The van der Waals surface area contributed by atoms with Crippen LogP contribution in [-0.2, 0) is 99.8 Å². The first kappa shape index (κ1) is 104. The fourth-order valence-electron chi connectivity index (χ4n) is 22.9. The summed E-state index contributed by atoms with van der Waals surface area (Å²) in [5, 5.41) is 234. The van der Waals surface area contributed by atoms with Crippen molar-refractivity contribution in [3.05, 3.63) is 11.6 Å². The Morgan fingerprint density at radius 2 is 1.11 bits per heavy atom. The molecule has 42 nitrogen and oxygen atoms in total. The summed E-state index contributed by atoms with van der Waals surface area (Å²) in [6, 6.07) is 0. The summed E-state index contributed by atoms with van der Waals surface area (Å²) in [5.41, 5.74) is -5.41. The highest BCUT2D eigenvalue weighted by molar-refractivity contribution is 5.80. The van der Waals surface area contributed by atoms with E-state index in [1.807, 2.05) is 20.8 Å². The summed E-state index contributed by atoms with van der Waals surface area (Å²) in [5.74, 6) is -12.8. The molecule has 12 rings (SSSR count). The number of carbonyl (C=O) groups is 5. The van der Waals surface area contributed by atoms with Crippen LogP contribution in [0.1, 0.15) is 186 Å². The number of esters is 3. The maximum Gasteiger partial charge on any atom is 0.364 e. The number of allylic oxidation sites excluding steroid dienone is 2. The first-order valence-electron chi connectivity index (χ1n) is 45.4. The van der Waals surface area contributed by atoms with Crippen LogP contribution in [0.3, 0.4) is 0 Å². The number of aliphatic carboxylic acids is 1. The maximum absolute atomic E-state index is 16.2. The van der Waals surface area contributed by atoms with Crippen molar-refractivity contribution in [3.63, 3.8) is 0 Å². The molecule has 21 unspecified atom stereocenters. The number of aliphatic hydroxyl groups is 20. The summed E-state index contributed by atoms with van der Waals surface area (Å²) < 4.78 is 96.2. The Balaban J connectivity index is 0.787. The fraction of sp³-hybridized carbons (Fsp3) is 0.920.